The van der Waals surface area contributed by atoms with Gasteiger partial charge in [0.25, 0.3) is 0 Å². The predicted octanol–water partition coefficient (Wildman–Crippen LogP) is 21.1. The molecule has 1 atom stereocenters. The maximum atomic E-state index is 12.3. The van der Waals surface area contributed by atoms with Crippen molar-refractivity contribution in [2.24, 2.45) is 0 Å². The first-order valence-electron chi connectivity index (χ1n) is 31.0. The Balaban J connectivity index is 3.45. The zero-order valence-electron chi connectivity index (χ0n) is 47.2. The van der Waals surface area contributed by atoms with E-state index in [4.69, 9.17) is 9.47 Å². The van der Waals surface area contributed by atoms with Crippen molar-refractivity contribution in [3.8, 4) is 0 Å². The summed E-state index contributed by atoms with van der Waals surface area (Å²) in [6, 6.07) is 0. The van der Waals surface area contributed by atoms with Crippen LogP contribution in [0.25, 0.3) is 0 Å². The molecule has 0 aromatic carbocycles. The van der Waals surface area contributed by atoms with Gasteiger partial charge in [-0.1, -0.05) is 311 Å². The molecular formula is C66H118O5. The van der Waals surface area contributed by atoms with Gasteiger partial charge in [-0.2, -0.15) is 0 Å². The molecule has 0 bridgehead atoms. The van der Waals surface area contributed by atoms with Crippen LogP contribution in [0.15, 0.2) is 72.9 Å². The van der Waals surface area contributed by atoms with E-state index in [2.05, 4.69) is 86.8 Å². The lowest BCUT2D eigenvalue weighted by Gasteiger charge is -2.15. The maximum absolute atomic E-state index is 12.3. The fraction of sp³-hybridized carbons (Fsp3) is 0.788. The largest absolute Gasteiger partial charge is 0.462 e. The smallest absolute Gasteiger partial charge is 0.306 e. The molecule has 0 saturated carbocycles. The Morgan fingerprint density at radius 2 is 0.606 bits per heavy atom. The van der Waals surface area contributed by atoms with Crippen molar-refractivity contribution in [3.63, 3.8) is 0 Å². The van der Waals surface area contributed by atoms with Crippen molar-refractivity contribution in [2.45, 2.75) is 322 Å². The van der Waals surface area contributed by atoms with Gasteiger partial charge >= 0.3 is 11.9 Å². The van der Waals surface area contributed by atoms with E-state index in [1.165, 1.54) is 212 Å². The molecule has 0 rings (SSSR count). The molecule has 0 fully saturated rings. The van der Waals surface area contributed by atoms with Crippen LogP contribution in [0, 0.1) is 0 Å². The topological polar surface area (TPSA) is 72.8 Å². The minimum Gasteiger partial charge on any atom is -0.462 e. The summed E-state index contributed by atoms with van der Waals surface area (Å²) in [7, 11) is 0. The lowest BCUT2D eigenvalue weighted by atomic mass is 10.0. The Morgan fingerprint density at radius 3 is 0.915 bits per heavy atom. The third-order valence-electron chi connectivity index (χ3n) is 13.8. The Kier molecular flexibility index (Phi) is 59.3. The van der Waals surface area contributed by atoms with Crippen LogP contribution >= 0.6 is 0 Å². The summed E-state index contributed by atoms with van der Waals surface area (Å²) < 4.78 is 10.7. The maximum Gasteiger partial charge on any atom is 0.306 e. The van der Waals surface area contributed by atoms with Gasteiger partial charge in [0.1, 0.15) is 6.61 Å². The molecule has 0 heterocycles. The highest BCUT2D eigenvalue weighted by Gasteiger charge is 2.16. The number of hydrogen-bond acceptors (Lipinski definition) is 5. The van der Waals surface area contributed by atoms with Crippen molar-refractivity contribution in [3.05, 3.63) is 72.9 Å². The number of carbonyl (C=O) groups excluding carboxylic acids is 2. The number of esters is 2. The fourth-order valence-electron chi connectivity index (χ4n) is 9.15. The molecule has 0 saturated heterocycles. The van der Waals surface area contributed by atoms with E-state index in [1.807, 2.05) is 0 Å². The summed E-state index contributed by atoms with van der Waals surface area (Å²) in [6.07, 6.45) is 84.7. The van der Waals surface area contributed by atoms with Crippen molar-refractivity contribution in [1.29, 1.82) is 0 Å². The molecule has 0 aromatic rings. The van der Waals surface area contributed by atoms with Crippen LogP contribution in [0.4, 0.5) is 0 Å². The fourth-order valence-corrected chi connectivity index (χ4v) is 9.15. The van der Waals surface area contributed by atoms with Gasteiger partial charge in [-0.15, -0.1) is 0 Å². The average Bonchev–Trinajstić information content (AvgIpc) is 3.37. The van der Waals surface area contributed by atoms with Crippen LogP contribution in [0.3, 0.4) is 0 Å². The summed E-state index contributed by atoms with van der Waals surface area (Å²) in [6.45, 7) is 4.07. The molecule has 0 aliphatic heterocycles. The van der Waals surface area contributed by atoms with Gasteiger partial charge in [-0.05, 0) is 64.2 Å². The molecule has 1 unspecified atom stereocenters. The van der Waals surface area contributed by atoms with Gasteiger partial charge in [-0.25, -0.2) is 0 Å². The van der Waals surface area contributed by atoms with Crippen LogP contribution in [0.1, 0.15) is 316 Å². The normalized spacial score (nSPS) is 12.7. The molecular weight excluding hydrogens is 873 g/mol. The summed E-state index contributed by atoms with van der Waals surface area (Å²) in [5.41, 5.74) is 0. The van der Waals surface area contributed by atoms with Gasteiger partial charge < -0.3 is 14.6 Å². The van der Waals surface area contributed by atoms with Crippen molar-refractivity contribution >= 4 is 11.9 Å². The highest BCUT2D eigenvalue weighted by molar-refractivity contribution is 5.70. The van der Waals surface area contributed by atoms with E-state index < -0.39 is 6.10 Å². The molecule has 412 valence electrons. The Hall–Kier alpha value is -2.66. The van der Waals surface area contributed by atoms with Crippen LogP contribution in [0.2, 0.25) is 0 Å². The van der Waals surface area contributed by atoms with E-state index in [9.17, 15) is 14.7 Å². The lowest BCUT2D eigenvalue weighted by molar-refractivity contribution is -0.161. The number of ether oxygens (including phenoxy) is 2. The standard InChI is InChI=1S/C66H118O5/c1-3-5-7-9-11-13-15-17-19-21-23-25-27-28-29-30-31-32-33-34-35-36-37-38-39-41-43-45-47-49-51-53-55-57-59-61-66(69)71-64(62-67)63-70-65(68)60-58-56-54-52-50-48-46-44-42-40-26-24-22-20-18-16-14-12-10-8-6-4-2/h5,7,11,13,17,19,23,25,28-29,31-32,64,67H,3-4,6,8-10,12,14-16,18,20-22,24,26-27,30,33-63H2,1-2H3/b7-5-,13-11-,19-17-,25-23-,29-28-,32-31-. The second kappa shape index (κ2) is 61.6. The zero-order chi connectivity index (χ0) is 51.3. The first-order chi connectivity index (χ1) is 35.1. The summed E-state index contributed by atoms with van der Waals surface area (Å²) >= 11 is 0. The first-order valence-corrected chi connectivity index (χ1v) is 31.0. The SMILES string of the molecule is CC/C=C\C/C=C\C/C=C\C/C=C\C/C=C\C/C=C\CCCCCCCCCCCCCCCCCCC(=O)OC(CO)COC(=O)CCCCCCCCCCCCCCCCCCCCCCCC. The van der Waals surface area contributed by atoms with Crippen molar-refractivity contribution < 1.29 is 24.2 Å². The van der Waals surface area contributed by atoms with Crippen LogP contribution in [0.5, 0.6) is 0 Å². The number of hydrogen-bond donors (Lipinski definition) is 1. The molecule has 0 aliphatic rings. The predicted molar refractivity (Wildman–Crippen MR) is 311 cm³/mol. The number of aliphatic hydroxyl groups is 1. The third-order valence-corrected chi connectivity index (χ3v) is 13.8. The molecule has 0 aliphatic carbocycles. The van der Waals surface area contributed by atoms with Gasteiger partial charge in [0.15, 0.2) is 6.10 Å². The van der Waals surface area contributed by atoms with Gasteiger partial charge in [0.05, 0.1) is 6.61 Å². The molecule has 0 radical (unpaired) electrons. The van der Waals surface area contributed by atoms with Crippen molar-refractivity contribution in [1.82, 2.24) is 0 Å². The average molecular weight is 992 g/mol. The summed E-state index contributed by atoms with van der Waals surface area (Å²) in [5.74, 6) is -0.575. The molecule has 0 aromatic heterocycles. The minimum atomic E-state index is -0.772. The van der Waals surface area contributed by atoms with E-state index in [-0.39, 0.29) is 25.2 Å². The highest BCUT2D eigenvalue weighted by Crippen LogP contribution is 2.18. The van der Waals surface area contributed by atoms with E-state index in [0.717, 1.165) is 77.0 Å². The first kappa shape index (κ1) is 68.3. The number of allylic oxidation sites excluding steroid dienone is 12. The number of aliphatic hydroxyl groups excluding tert-OH is 1. The van der Waals surface area contributed by atoms with E-state index in [0.29, 0.717) is 12.8 Å². The number of rotatable bonds is 57. The third kappa shape index (κ3) is 59.8. The molecule has 5 heteroatoms. The molecule has 71 heavy (non-hydrogen) atoms. The van der Waals surface area contributed by atoms with Gasteiger partial charge in [0, 0.05) is 12.8 Å². The van der Waals surface area contributed by atoms with E-state index >= 15 is 0 Å². The quantitative estimate of drug-likeness (QED) is 0.0373. The molecule has 0 amide bonds. The zero-order valence-corrected chi connectivity index (χ0v) is 47.2. The Morgan fingerprint density at radius 1 is 0.338 bits per heavy atom. The van der Waals surface area contributed by atoms with E-state index in [1.54, 1.807) is 0 Å². The van der Waals surface area contributed by atoms with Crippen molar-refractivity contribution in [2.75, 3.05) is 13.2 Å². The number of unbranched alkanes of at least 4 members (excludes halogenated alkanes) is 37. The Bertz CT molecular complexity index is 1260. The van der Waals surface area contributed by atoms with Gasteiger partial charge in [-0.3, -0.25) is 9.59 Å². The number of carbonyl (C=O) groups is 2. The van der Waals surface area contributed by atoms with Gasteiger partial charge in [0.2, 0.25) is 0 Å². The minimum absolute atomic E-state index is 0.0623. The lowest BCUT2D eigenvalue weighted by Crippen LogP contribution is -2.28. The molecule has 1 N–H and O–H groups in total. The van der Waals surface area contributed by atoms with Crippen LogP contribution < -0.4 is 0 Å². The monoisotopic (exact) mass is 991 g/mol. The summed E-state index contributed by atoms with van der Waals surface area (Å²) in [4.78, 5) is 24.6. The highest BCUT2D eigenvalue weighted by atomic mass is 16.6. The Labute approximate surface area is 442 Å². The summed E-state index contributed by atoms with van der Waals surface area (Å²) in [5, 5.41) is 9.67. The van der Waals surface area contributed by atoms with Crippen LogP contribution in [-0.4, -0.2) is 36.4 Å². The molecule has 0 spiro atoms. The second-order valence-corrected chi connectivity index (χ2v) is 20.8. The van der Waals surface area contributed by atoms with Crippen LogP contribution in [-0.2, 0) is 19.1 Å². The second-order valence-electron chi connectivity index (χ2n) is 20.8. The molecule has 5 nitrogen and oxygen atoms in total.